The second-order valence-corrected chi connectivity index (χ2v) is 7.33. The van der Waals surface area contributed by atoms with Crippen LogP contribution in [0, 0.1) is 13.8 Å². The van der Waals surface area contributed by atoms with E-state index in [2.05, 4.69) is 5.32 Å². The first-order valence-corrected chi connectivity index (χ1v) is 9.86. The molecule has 0 saturated carbocycles. The maximum absolute atomic E-state index is 12.4. The largest absolute Gasteiger partial charge is 0.491 e. The normalized spacial score (nSPS) is 16.9. The van der Waals surface area contributed by atoms with Crippen LogP contribution in [0.5, 0.6) is 5.75 Å². The summed E-state index contributed by atoms with van der Waals surface area (Å²) in [5.74, 6) is -0.263. The third-order valence-electron chi connectivity index (χ3n) is 4.85. The molecule has 6 nitrogen and oxygen atoms in total. The van der Waals surface area contributed by atoms with Gasteiger partial charge in [0.25, 0.3) is 5.91 Å². The van der Waals surface area contributed by atoms with Gasteiger partial charge in [-0.25, -0.2) is 4.79 Å². The summed E-state index contributed by atoms with van der Waals surface area (Å²) in [5, 5.41) is 2.81. The number of nitrogens with one attached hydrogen (secondary N) is 1. The highest BCUT2D eigenvalue weighted by atomic mass is 16.5. The van der Waals surface area contributed by atoms with Crippen LogP contribution in [0.2, 0.25) is 0 Å². The summed E-state index contributed by atoms with van der Waals surface area (Å²) in [5.41, 5.74) is 3.06. The highest BCUT2D eigenvalue weighted by Gasteiger charge is 2.20. The van der Waals surface area contributed by atoms with Gasteiger partial charge in [-0.3, -0.25) is 4.79 Å². The summed E-state index contributed by atoms with van der Waals surface area (Å²) in [6.07, 6.45) is 1.29. The lowest BCUT2D eigenvalue weighted by molar-refractivity contribution is -0.123. The molecule has 1 heterocycles. The van der Waals surface area contributed by atoms with E-state index in [0.717, 1.165) is 30.6 Å². The zero-order valence-electron chi connectivity index (χ0n) is 17.1. The van der Waals surface area contributed by atoms with Gasteiger partial charge in [0.1, 0.15) is 12.4 Å². The SMILES string of the molecule is Cc1ccc(C)c(NC(=O)[C@H](C)OC(=O)c2ccc(OC[C@H]3CCCO3)cc2)c1. The zero-order chi connectivity index (χ0) is 20.8. The first-order chi connectivity index (χ1) is 13.9. The average Bonchev–Trinajstić information content (AvgIpc) is 3.23. The van der Waals surface area contributed by atoms with Gasteiger partial charge in [-0.15, -0.1) is 0 Å². The van der Waals surface area contributed by atoms with E-state index in [0.29, 0.717) is 23.6 Å². The number of anilines is 1. The molecule has 6 heteroatoms. The molecule has 2 aromatic rings. The number of benzene rings is 2. The first kappa shape index (κ1) is 20.9. The molecule has 0 spiro atoms. The second kappa shape index (κ2) is 9.56. The van der Waals surface area contributed by atoms with Crippen molar-refractivity contribution in [2.45, 2.75) is 45.8 Å². The van der Waals surface area contributed by atoms with E-state index in [4.69, 9.17) is 14.2 Å². The lowest BCUT2D eigenvalue weighted by Gasteiger charge is -2.15. The fraction of sp³-hybridized carbons (Fsp3) is 0.391. The Kier molecular flexibility index (Phi) is 6.88. The van der Waals surface area contributed by atoms with Gasteiger partial charge >= 0.3 is 5.97 Å². The molecule has 29 heavy (non-hydrogen) atoms. The molecule has 0 bridgehead atoms. The lowest BCUT2D eigenvalue weighted by atomic mass is 10.1. The van der Waals surface area contributed by atoms with E-state index in [9.17, 15) is 9.59 Å². The number of esters is 1. The molecular formula is C23H27NO5. The maximum Gasteiger partial charge on any atom is 0.338 e. The van der Waals surface area contributed by atoms with Crippen LogP contribution in [-0.2, 0) is 14.3 Å². The van der Waals surface area contributed by atoms with Gasteiger partial charge in [-0.2, -0.15) is 0 Å². The van der Waals surface area contributed by atoms with E-state index in [-0.39, 0.29) is 12.0 Å². The molecule has 1 amide bonds. The highest BCUT2D eigenvalue weighted by Crippen LogP contribution is 2.19. The quantitative estimate of drug-likeness (QED) is 0.714. The number of hydrogen-bond donors (Lipinski definition) is 1. The van der Waals surface area contributed by atoms with E-state index >= 15 is 0 Å². The summed E-state index contributed by atoms with van der Waals surface area (Å²) >= 11 is 0. The predicted molar refractivity (Wildman–Crippen MR) is 110 cm³/mol. The standard InChI is InChI=1S/C23H27NO5/c1-15-6-7-16(2)21(13-15)24-22(25)17(3)29-23(26)18-8-10-19(11-9-18)28-14-20-5-4-12-27-20/h6-11,13,17,20H,4-5,12,14H2,1-3H3,(H,24,25)/t17-,20+/m0/s1. The van der Waals surface area contributed by atoms with Crippen LogP contribution in [0.1, 0.15) is 41.3 Å². The van der Waals surface area contributed by atoms with Crippen LogP contribution < -0.4 is 10.1 Å². The molecule has 1 N–H and O–H groups in total. The Balaban J connectivity index is 1.51. The zero-order valence-corrected chi connectivity index (χ0v) is 17.1. The monoisotopic (exact) mass is 397 g/mol. The van der Waals surface area contributed by atoms with Crippen molar-refractivity contribution in [2.75, 3.05) is 18.5 Å². The third kappa shape index (κ3) is 5.81. The molecule has 0 aliphatic carbocycles. The second-order valence-electron chi connectivity index (χ2n) is 7.33. The Morgan fingerprint density at radius 3 is 2.62 bits per heavy atom. The topological polar surface area (TPSA) is 73.9 Å². The Bertz CT molecular complexity index is 856. The number of hydrogen-bond acceptors (Lipinski definition) is 5. The summed E-state index contributed by atoms with van der Waals surface area (Å²) < 4.78 is 16.5. The number of ether oxygens (including phenoxy) is 3. The van der Waals surface area contributed by atoms with E-state index in [1.165, 1.54) is 0 Å². The van der Waals surface area contributed by atoms with Gasteiger partial charge in [0.05, 0.1) is 11.7 Å². The van der Waals surface area contributed by atoms with Crippen LogP contribution in [0.25, 0.3) is 0 Å². The van der Waals surface area contributed by atoms with Gasteiger partial charge in [0, 0.05) is 12.3 Å². The molecule has 154 valence electrons. The van der Waals surface area contributed by atoms with Gasteiger partial charge in [0.15, 0.2) is 6.10 Å². The highest BCUT2D eigenvalue weighted by molar-refractivity contribution is 5.97. The molecule has 2 atom stereocenters. The van der Waals surface area contributed by atoms with Crippen molar-refractivity contribution in [1.29, 1.82) is 0 Å². The fourth-order valence-corrected chi connectivity index (χ4v) is 3.04. The molecule has 0 aromatic heterocycles. The maximum atomic E-state index is 12.4. The minimum Gasteiger partial charge on any atom is -0.491 e. The minimum atomic E-state index is -0.919. The van der Waals surface area contributed by atoms with Crippen LogP contribution in [0.15, 0.2) is 42.5 Å². The van der Waals surface area contributed by atoms with Crippen molar-refractivity contribution in [3.63, 3.8) is 0 Å². The molecule has 0 unspecified atom stereocenters. The Morgan fingerprint density at radius 2 is 1.93 bits per heavy atom. The van der Waals surface area contributed by atoms with Gasteiger partial charge in [-0.05, 0) is 75.1 Å². The number of rotatable bonds is 7. The molecular weight excluding hydrogens is 370 g/mol. The molecule has 1 aliphatic heterocycles. The van der Waals surface area contributed by atoms with Gasteiger partial charge in [-0.1, -0.05) is 12.1 Å². The molecule has 1 aliphatic rings. The van der Waals surface area contributed by atoms with Crippen molar-refractivity contribution in [3.8, 4) is 5.75 Å². The van der Waals surface area contributed by atoms with E-state index < -0.39 is 12.1 Å². The van der Waals surface area contributed by atoms with E-state index in [1.807, 2.05) is 32.0 Å². The summed E-state index contributed by atoms with van der Waals surface area (Å²) in [6.45, 7) is 6.70. The van der Waals surface area contributed by atoms with Crippen molar-refractivity contribution >= 4 is 17.6 Å². The first-order valence-electron chi connectivity index (χ1n) is 9.86. The molecule has 1 fully saturated rings. The smallest absolute Gasteiger partial charge is 0.338 e. The Morgan fingerprint density at radius 1 is 1.17 bits per heavy atom. The van der Waals surface area contributed by atoms with Crippen molar-refractivity contribution in [3.05, 3.63) is 59.2 Å². The number of aryl methyl sites for hydroxylation is 2. The molecule has 2 aromatic carbocycles. The predicted octanol–water partition coefficient (Wildman–Crippen LogP) is 4.05. The summed E-state index contributed by atoms with van der Waals surface area (Å²) in [4.78, 5) is 24.7. The summed E-state index contributed by atoms with van der Waals surface area (Å²) in [6, 6.07) is 12.5. The summed E-state index contributed by atoms with van der Waals surface area (Å²) in [7, 11) is 0. The molecule has 3 rings (SSSR count). The van der Waals surface area contributed by atoms with Crippen molar-refractivity contribution in [1.82, 2.24) is 0 Å². The van der Waals surface area contributed by atoms with Crippen LogP contribution in [0.3, 0.4) is 0 Å². The Hall–Kier alpha value is -2.86. The van der Waals surface area contributed by atoms with Crippen LogP contribution in [0.4, 0.5) is 5.69 Å². The van der Waals surface area contributed by atoms with Crippen molar-refractivity contribution in [2.24, 2.45) is 0 Å². The molecule has 1 saturated heterocycles. The lowest BCUT2D eigenvalue weighted by Crippen LogP contribution is -2.30. The van der Waals surface area contributed by atoms with Crippen LogP contribution in [-0.4, -0.2) is 37.3 Å². The fourth-order valence-electron chi connectivity index (χ4n) is 3.04. The van der Waals surface area contributed by atoms with E-state index in [1.54, 1.807) is 31.2 Å². The van der Waals surface area contributed by atoms with Gasteiger partial charge < -0.3 is 19.5 Å². The number of carbonyl (C=O) groups is 2. The Labute approximate surface area is 171 Å². The third-order valence-corrected chi connectivity index (χ3v) is 4.85. The molecule has 0 radical (unpaired) electrons. The number of carbonyl (C=O) groups excluding carboxylic acids is 2. The minimum absolute atomic E-state index is 0.135. The van der Waals surface area contributed by atoms with Crippen LogP contribution >= 0.6 is 0 Å². The van der Waals surface area contributed by atoms with Gasteiger partial charge in [0.2, 0.25) is 0 Å². The number of amides is 1. The van der Waals surface area contributed by atoms with Crippen molar-refractivity contribution < 1.29 is 23.8 Å². The average molecular weight is 397 g/mol.